The summed E-state index contributed by atoms with van der Waals surface area (Å²) in [4.78, 5) is 22.3. The third kappa shape index (κ3) is 16.0. The van der Waals surface area contributed by atoms with Gasteiger partial charge in [0.05, 0.1) is 38.8 Å². The van der Waals surface area contributed by atoms with E-state index < -0.39 is 20.0 Å². The first-order chi connectivity index (χ1) is 20.0. The van der Waals surface area contributed by atoms with Gasteiger partial charge in [-0.05, 0) is 6.42 Å². The Hall–Kier alpha value is -1.62. The van der Waals surface area contributed by atoms with E-state index in [4.69, 9.17) is 19.7 Å². The van der Waals surface area contributed by atoms with E-state index in [1.54, 1.807) is 4.57 Å². The van der Waals surface area contributed by atoms with Crippen molar-refractivity contribution in [1.82, 2.24) is 19.5 Å². The summed E-state index contributed by atoms with van der Waals surface area (Å²) >= 11 is 0. The van der Waals surface area contributed by atoms with Crippen molar-refractivity contribution in [2.24, 2.45) is 0 Å². The molecule has 0 aromatic carbocycles. The zero-order chi connectivity index (χ0) is 29.6. The molecule has 0 aliphatic rings. The largest absolute Gasteiger partial charge is 0.394 e. The minimum absolute atomic E-state index is 0.00212. The first kappa shape index (κ1) is 35.6. The van der Waals surface area contributed by atoms with Crippen LogP contribution in [-0.4, -0.2) is 68.4 Å². The standard InChI is InChI=1S/C29H54N5O6P/c1-2-3-4-5-6-7-8-9-10-11-12-13-14-15-16-17-18-38-19-20-40-41(36,37)25-39-26(22-35)21-34-24-33-27-28(30)31-23-32-29(27)34/h23-24,26,35H,2-22,25H2,1H3,(H,36,37)(H2,30,31,32)/t26-/m1/s1. The van der Waals surface area contributed by atoms with Gasteiger partial charge in [-0.1, -0.05) is 103 Å². The topological polar surface area (TPSA) is 155 Å². The van der Waals surface area contributed by atoms with E-state index in [0.29, 0.717) is 17.8 Å². The first-order valence-electron chi connectivity index (χ1n) is 15.6. The monoisotopic (exact) mass is 599 g/mol. The molecule has 0 fully saturated rings. The summed E-state index contributed by atoms with van der Waals surface area (Å²) in [6, 6.07) is 0. The summed E-state index contributed by atoms with van der Waals surface area (Å²) in [5.41, 5.74) is 6.72. The normalized spacial score (nSPS) is 14.0. The number of aromatic nitrogens is 4. The summed E-state index contributed by atoms with van der Waals surface area (Å²) in [6.07, 6.45) is 22.8. The van der Waals surface area contributed by atoms with Crippen LogP contribution in [0.5, 0.6) is 0 Å². The van der Waals surface area contributed by atoms with Crippen LogP contribution in [0, 0.1) is 0 Å². The highest BCUT2D eigenvalue weighted by atomic mass is 31.2. The van der Waals surface area contributed by atoms with E-state index in [1.165, 1.54) is 103 Å². The molecule has 12 heteroatoms. The number of anilines is 1. The van der Waals surface area contributed by atoms with Crippen LogP contribution < -0.4 is 5.73 Å². The lowest BCUT2D eigenvalue weighted by Gasteiger charge is -2.19. The molecule has 0 radical (unpaired) electrons. The van der Waals surface area contributed by atoms with Gasteiger partial charge in [-0.15, -0.1) is 0 Å². The van der Waals surface area contributed by atoms with Crippen LogP contribution in [0.2, 0.25) is 0 Å². The predicted octanol–water partition coefficient (Wildman–Crippen LogP) is 6.22. The first-order valence-corrected chi connectivity index (χ1v) is 17.4. The van der Waals surface area contributed by atoms with Crippen molar-refractivity contribution in [3.63, 3.8) is 0 Å². The molecule has 0 amide bonds. The van der Waals surface area contributed by atoms with Crippen LogP contribution in [0.15, 0.2) is 12.7 Å². The Morgan fingerprint density at radius 2 is 1.44 bits per heavy atom. The van der Waals surface area contributed by atoms with Gasteiger partial charge in [0.15, 0.2) is 11.5 Å². The van der Waals surface area contributed by atoms with Gasteiger partial charge in [-0.25, -0.2) is 15.0 Å². The molecule has 2 heterocycles. The maximum absolute atomic E-state index is 12.3. The number of hydrogen-bond acceptors (Lipinski definition) is 9. The van der Waals surface area contributed by atoms with E-state index >= 15 is 0 Å². The third-order valence-corrected chi connectivity index (χ3v) is 8.23. The molecule has 4 N–H and O–H groups in total. The Morgan fingerprint density at radius 1 is 0.854 bits per heavy atom. The quantitative estimate of drug-likeness (QED) is 0.0795. The molecule has 1 unspecified atom stereocenters. The lowest BCUT2D eigenvalue weighted by molar-refractivity contribution is 0.0160. The van der Waals surface area contributed by atoms with Crippen LogP contribution >= 0.6 is 7.60 Å². The van der Waals surface area contributed by atoms with Crippen LogP contribution in [0.3, 0.4) is 0 Å². The molecule has 0 spiro atoms. The number of aliphatic hydroxyl groups is 1. The Bertz CT molecular complexity index is 978. The molecule has 2 aromatic rings. The Labute approximate surface area is 246 Å². The van der Waals surface area contributed by atoms with Gasteiger partial charge in [0.1, 0.15) is 18.2 Å². The summed E-state index contributed by atoms with van der Waals surface area (Å²) < 4.78 is 30.0. The number of hydrogen-bond donors (Lipinski definition) is 3. The smallest absolute Gasteiger partial charge is 0.353 e. The second kappa shape index (κ2) is 22.0. The SMILES string of the molecule is CCCCCCCCCCCCCCCCCCOCCOP(=O)(O)CO[C@@H](CO)Cn1cnc2c(N)ncnc21. The second-order valence-electron chi connectivity index (χ2n) is 10.8. The molecule has 0 aliphatic carbocycles. The highest BCUT2D eigenvalue weighted by Gasteiger charge is 2.23. The fourth-order valence-corrected chi connectivity index (χ4v) is 5.58. The average Bonchev–Trinajstić information content (AvgIpc) is 3.38. The number of nitrogen functional groups attached to an aromatic ring is 1. The van der Waals surface area contributed by atoms with E-state index in [1.807, 2.05) is 0 Å². The maximum atomic E-state index is 12.3. The zero-order valence-electron chi connectivity index (χ0n) is 25.1. The third-order valence-electron chi connectivity index (χ3n) is 7.17. The highest BCUT2D eigenvalue weighted by Crippen LogP contribution is 2.41. The number of ether oxygens (including phenoxy) is 2. The van der Waals surface area contributed by atoms with E-state index in [-0.39, 0.29) is 32.2 Å². The molecule has 2 atom stereocenters. The van der Waals surface area contributed by atoms with Gasteiger partial charge in [0, 0.05) is 6.61 Å². The van der Waals surface area contributed by atoms with E-state index in [9.17, 15) is 14.6 Å². The van der Waals surface area contributed by atoms with Gasteiger partial charge in [-0.3, -0.25) is 4.57 Å². The molecule has 2 aromatic heterocycles. The molecule has 0 aliphatic heterocycles. The molecule has 2 rings (SSSR count). The van der Waals surface area contributed by atoms with Gasteiger partial charge >= 0.3 is 7.60 Å². The van der Waals surface area contributed by atoms with Crippen molar-refractivity contribution in [2.45, 2.75) is 122 Å². The number of nitrogens with zero attached hydrogens (tertiary/aromatic N) is 4. The van der Waals surface area contributed by atoms with Crippen molar-refractivity contribution in [2.75, 3.05) is 38.5 Å². The number of rotatable bonds is 27. The van der Waals surface area contributed by atoms with Crippen molar-refractivity contribution < 1.29 is 28.6 Å². The van der Waals surface area contributed by atoms with Crippen molar-refractivity contribution >= 4 is 24.6 Å². The summed E-state index contributed by atoms with van der Waals surface area (Å²) in [6.45, 7) is 2.95. The van der Waals surface area contributed by atoms with Crippen molar-refractivity contribution in [3.05, 3.63) is 12.7 Å². The van der Waals surface area contributed by atoms with Crippen LogP contribution in [0.25, 0.3) is 11.2 Å². The second-order valence-corrected chi connectivity index (χ2v) is 12.6. The molecule has 236 valence electrons. The molecular formula is C29H54N5O6P. The number of nitrogens with two attached hydrogens (primary N) is 1. The van der Waals surface area contributed by atoms with Crippen LogP contribution in [-0.2, 0) is 25.1 Å². The fourth-order valence-electron chi connectivity index (χ4n) is 4.74. The van der Waals surface area contributed by atoms with Gasteiger partial charge < -0.3 is 34.3 Å². The fraction of sp³-hybridized carbons (Fsp3) is 0.828. The van der Waals surface area contributed by atoms with E-state index in [2.05, 4.69) is 21.9 Å². The highest BCUT2D eigenvalue weighted by molar-refractivity contribution is 7.52. The summed E-state index contributed by atoms with van der Waals surface area (Å²) in [5.74, 6) is 0.250. The Morgan fingerprint density at radius 3 is 2.02 bits per heavy atom. The van der Waals surface area contributed by atoms with Crippen molar-refractivity contribution in [1.29, 1.82) is 0 Å². The van der Waals surface area contributed by atoms with Gasteiger partial charge in [0.2, 0.25) is 0 Å². The summed E-state index contributed by atoms with van der Waals surface area (Å²) in [7, 11) is -3.98. The molecule has 0 saturated carbocycles. The summed E-state index contributed by atoms with van der Waals surface area (Å²) in [5, 5.41) is 9.65. The van der Waals surface area contributed by atoms with Crippen LogP contribution in [0.1, 0.15) is 110 Å². The predicted molar refractivity (Wildman–Crippen MR) is 163 cm³/mol. The van der Waals surface area contributed by atoms with Gasteiger partial charge in [-0.2, -0.15) is 0 Å². The number of aliphatic hydroxyl groups excluding tert-OH is 1. The average molecular weight is 600 g/mol. The zero-order valence-corrected chi connectivity index (χ0v) is 26.0. The maximum Gasteiger partial charge on any atom is 0.353 e. The van der Waals surface area contributed by atoms with E-state index in [0.717, 1.165) is 12.8 Å². The Balaban J connectivity index is 1.40. The lowest BCUT2D eigenvalue weighted by atomic mass is 10.0. The number of fused-ring (bicyclic) bond motifs is 1. The molecule has 0 bridgehead atoms. The van der Waals surface area contributed by atoms with Crippen molar-refractivity contribution in [3.8, 4) is 0 Å². The molecule has 41 heavy (non-hydrogen) atoms. The number of imidazole rings is 1. The Kier molecular flexibility index (Phi) is 19.1. The van der Waals surface area contributed by atoms with Crippen LogP contribution in [0.4, 0.5) is 5.82 Å². The molecular weight excluding hydrogens is 545 g/mol. The minimum Gasteiger partial charge on any atom is -0.394 e. The molecule has 11 nitrogen and oxygen atoms in total. The minimum atomic E-state index is -3.98. The molecule has 0 saturated heterocycles. The number of unbranched alkanes of at least 4 members (excludes halogenated alkanes) is 15. The lowest BCUT2D eigenvalue weighted by Crippen LogP contribution is -2.25. The van der Waals surface area contributed by atoms with Gasteiger partial charge in [0.25, 0.3) is 0 Å².